The Labute approximate surface area is 255 Å². The van der Waals surface area contributed by atoms with Gasteiger partial charge in [-0.15, -0.1) is 0 Å². The van der Waals surface area contributed by atoms with Crippen LogP contribution in [0.25, 0.3) is 0 Å². The zero-order chi connectivity index (χ0) is 30.7. The Morgan fingerprint density at radius 1 is 1.17 bits per heavy atom. The molecule has 0 aliphatic carbocycles. The highest BCUT2D eigenvalue weighted by molar-refractivity contribution is 7.91. The lowest BCUT2D eigenvalue weighted by Crippen LogP contribution is -2.49. The normalized spacial score (nSPS) is 20.0. The number of piperidine rings is 1. The second-order valence-electron chi connectivity index (χ2n) is 11.0. The maximum absolute atomic E-state index is 14.9. The van der Waals surface area contributed by atoms with Gasteiger partial charge in [-0.3, -0.25) is 14.5 Å². The van der Waals surface area contributed by atoms with Crippen molar-refractivity contribution in [2.45, 2.75) is 63.1 Å². The van der Waals surface area contributed by atoms with Crippen LogP contribution in [0, 0.1) is 5.92 Å². The van der Waals surface area contributed by atoms with Crippen LogP contribution in [0.5, 0.6) is 0 Å². The smallest absolute Gasteiger partial charge is 0.270 e. The number of nitrogens with one attached hydrogen (secondary N) is 3. The van der Waals surface area contributed by atoms with Gasteiger partial charge in [0.1, 0.15) is 0 Å². The van der Waals surface area contributed by atoms with Gasteiger partial charge in [-0.05, 0) is 73.8 Å². The summed E-state index contributed by atoms with van der Waals surface area (Å²) in [6.07, 6.45) is 2.40. The Morgan fingerprint density at radius 2 is 1.93 bits per heavy atom. The van der Waals surface area contributed by atoms with Crippen molar-refractivity contribution >= 4 is 44.9 Å². The molecule has 4 rings (SSSR count). The van der Waals surface area contributed by atoms with E-state index in [-0.39, 0.29) is 68.9 Å². The third kappa shape index (κ3) is 7.99. The molecule has 2 saturated heterocycles. The monoisotopic (exact) mass is 644 g/mol. The Bertz CT molecular complexity index is 1430. The molecule has 3 N–H and O–H groups in total. The molecule has 2 aromatic carbocycles. The summed E-state index contributed by atoms with van der Waals surface area (Å²) in [6.45, 7) is 4.86. The number of halogens is 4. The quantitative estimate of drug-likeness (QED) is 0.351. The number of carbonyl (C=O) groups excluding carboxylic acids is 2. The Morgan fingerprint density at radius 3 is 2.60 bits per heavy atom. The van der Waals surface area contributed by atoms with Crippen LogP contribution in [0.15, 0.2) is 35.2 Å². The van der Waals surface area contributed by atoms with Gasteiger partial charge in [0.2, 0.25) is 5.91 Å². The zero-order valence-electron chi connectivity index (χ0n) is 23.6. The molecule has 230 valence electrons. The fourth-order valence-corrected chi connectivity index (χ4v) is 7.07. The van der Waals surface area contributed by atoms with Crippen molar-refractivity contribution in [1.82, 2.24) is 20.9 Å². The van der Waals surface area contributed by atoms with E-state index in [2.05, 4.69) is 16.0 Å². The standard InChI is InChI=1S/C29H36Cl2F2N4O4S/c1-3-42(40,41)26-7-6-21(30)11-20(26)15-35-27(38)19-12-24(29(2,32)33)23(25(31)13-19)17-37-10-4-5-22(16-37)36-28(39)18-8-9-34-14-18/h6-7,11-13,18,22,34H,3-5,8-10,14-17H2,1-2H3,(H,35,38)(H,36,39)/t18?,22-/m0/s1. The SMILES string of the molecule is CCS(=O)(=O)c1ccc(Cl)cc1CNC(=O)c1cc(Cl)c(CN2CCC[C@H](NC(=O)C3CCNC3)C2)c(C(C)(F)F)c1. The van der Waals surface area contributed by atoms with Crippen LogP contribution >= 0.6 is 23.2 Å². The fourth-order valence-electron chi connectivity index (χ4n) is 5.48. The highest BCUT2D eigenvalue weighted by atomic mass is 35.5. The van der Waals surface area contributed by atoms with Crippen molar-refractivity contribution in [1.29, 1.82) is 0 Å². The molecule has 0 saturated carbocycles. The Hall–Kier alpha value is -2.31. The van der Waals surface area contributed by atoms with Gasteiger partial charge in [-0.2, -0.15) is 0 Å². The van der Waals surface area contributed by atoms with E-state index in [0.29, 0.717) is 24.7 Å². The largest absolute Gasteiger partial charge is 0.352 e. The number of alkyl halides is 2. The van der Waals surface area contributed by atoms with Crippen LogP contribution in [0.2, 0.25) is 10.0 Å². The van der Waals surface area contributed by atoms with Crippen LogP contribution in [0.1, 0.15) is 60.2 Å². The first-order valence-corrected chi connectivity index (χ1v) is 16.4. The summed E-state index contributed by atoms with van der Waals surface area (Å²) in [5.74, 6) is -4.15. The van der Waals surface area contributed by atoms with Gasteiger partial charge in [0.05, 0.1) is 16.6 Å². The Balaban J connectivity index is 1.50. The number of hydrogen-bond acceptors (Lipinski definition) is 6. The number of benzene rings is 2. The first-order valence-electron chi connectivity index (χ1n) is 14.0. The summed E-state index contributed by atoms with van der Waals surface area (Å²) < 4.78 is 54.8. The second-order valence-corrected chi connectivity index (χ2v) is 14.1. The molecule has 2 amide bonds. The molecule has 2 heterocycles. The lowest BCUT2D eigenvalue weighted by Gasteiger charge is -2.34. The van der Waals surface area contributed by atoms with Crippen LogP contribution in [-0.2, 0) is 33.6 Å². The number of sulfone groups is 1. The van der Waals surface area contributed by atoms with Gasteiger partial charge in [0.15, 0.2) is 9.84 Å². The molecule has 0 aromatic heterocycles. The molecule has 0 bridgehead atoms. The van der Waals surface area contributed by atoms with Crippen LogP contribution in [-0.4, -0.2) is 63.1 Å². The minimum atomic E-state index is -3.59. The number of carbonyl (C=O) groups is 2. The number of rotatable bonds is 10. The lowest BCUT2D eigenvalue weighted by molar-refractivity contribution is -0.125. The van der Waals surface area contributed by atoms with Crippen molar-refractivity contribution < 1.29 is 26.8 Å². The molecule has 2 fully saturated rings. The summed E-state index contributed by atoms with van der Waals surface area (Å²) >= 11 is 12.6. The maximum Gasteiger partial charge on any atom is 0.270 e. The molecule has 0 radical (unpaired) electrons. The molecule has 42 heavy (non-hydrogen) atoms. The lowest BCUT2D eigenvalue weighted by atomic mass is 9.97. The minimum Gasteiger partial charge on any atom is -0.352 e. The first kappa shape index (κ1) is 32.6. The molecule has 8 nitrogen and oxygen atoms in total. The summed E-state index contributed by atoms with van der Waals surface area (Å²) in [5.41, 5.74) is 0.0766. The topological polar surface area (TPSA) is 108 Å². The van der Waals surface area contributed by atoms with E-state index in [1.54, 1.807) is 0 Å². The number of hydrogen-bond donors (Lipinski definition) is 3. The molecule has 2 atom stereocenters. The molecule has 1 unspecified atom stereocenters. The first-order chi connectivity index (χ1) is 19.8. The van der Waals surface area contributed by atoms with E-state index >= 15 is 0 Å². The third-order valence-corrected chi connectivity index (χ3v) is 10.2. The summed E-state index contributed by atoms with van der Waals surface area (Å²) in [7, 11) is -3.59. The summed E-state index contributed by atoms with van der Waals surface area (Å²) in [4.78, 5) is 27.7. The van der Waals surface area contributed by atoms with E-state index in [4.69, 9.17) is 23.2 Å². The van der Waals surface area contributed by atoms with Gasteiger partial charge in [0.25, 0.3) is 11.8 Å². The summed E-state index contributed by atoms with van der Waals surface area (Å²) in [5, 5.41) is 9.23. The van der Waals surface area contributed by atoms with E-state index in [1.165, 1.54) is 31.2 Å². The second kappa shape index (κ2) is 13.5. The highest BCUT2D eigenvalue weighted by Gasteiger charge is 2.33. The molecule has 13 heteroatoms. The molecular formula is C29H36Cl2F2N4O4S. The van der Waals surface area contributed by atoms with Crippen molar-refractivity contribution in [2.75, 3.05) is 31.9 Å². The van der Waals surface area contributed by atoms with Crippen molar-refractivity contribution in [3.05, 3.63) is 62.6 Å². The van der Waals surface area contributed by atoms with E-state index in [0.717, 1.165) is 38.8 Å². The molecule has 0 spiro atoms. The zero-order valence-corrected chi connectivity index (χ0v) is 25.9. The number of nitrogens with zero attached hydrogens (tertiary/aromatic N) is 1. The van der Waals surface area contributed by atoms with Gasteiger partial charge in [-0.1, -0.05) is 30.1 Å². The maximum atomic E-state index is 14.9. The van der Waals surface area contributed by atoms with Gasteiger partial charge >= 0.3 is 0 Å². The third-order valence-electron chi connectivity index (χ3n) is 7.77. The molecular weight excluding hydrogens is 609 g/mol. The average molecular weight is 646 g/mol. The average Bonchev–Trinajstić information content (AvgIpc) is 3.47. The van der Waals surface area contributed by atoms with Gasteiger partial charge in [-0.25, -0.2) is 17.2 Å². The van der Waals surface area contributed by atoms with Gasteiger partial charge < -0.3 is 16.0 Å². The van der Waals surface area contributed by atoms with Crippen molar-refractivity contribution in [3.8, 4) is 0 Å². The Kier molecular flexibility index (Phi) is 10.5. The molecule has 2 aliphatic heterocycles. The van der Waals surface area contributed by atoms with Crippen LogP contribution < -0.4 is 16.0 Å². The predicted molar refractivity (Wildman–Crippen MR) is 159 cm³/mol. The minimum absolute atomic E-state index is 0.0122. The van der Waals surface area contributed by atoms with Gasteiger partial charge in [0, 0.05) is 60.3 Å². The predicted octanol–water partition coefficient (Wildman–Crippen LogP) is 4.52. The van der Waals surface area contributed by atoms with Crippen LogP contribution in [0.3, 0.4) is 0 Å². The number of amides is 2. The number of likely N-dealkylation sites (tertiary alicyclic amines) is 1. The van der Waals surface area contributed by atoms with E-state index in [9.17, 15) is 26.8 Å². The molecule has 2 aliphatic rings. The van der Waals surface area contributed by atoms with Crippen LogP contribution in [0.4, 0.5) is 8.78 Å². The summed E-state index contributed by atoms with van der Waals surface area (Å²) in [6, 6.07) is 6.68. The van der Waals surface area contributed by atoms with E-state index in [1.807, 2.05) is 4.90 Å². The fraction of sp³-hybridized carbons (Fsp3) is 0.517. The molecule has 2 aromatic rings. The van der Waals surface area contributed by atoms with E-state index < -0.39 is 21.7 Å². The van der Waals surface area contributed by atoms with Crippen molar-refractivity contribution in [3.63, 3.8) is 0 Å². The highest BCUT2D eigenvalue weighted by Crippen LogP contribution is 2.36. The van der Waals surface area contributed by atoms with Crippen molar-refractivity contribution in [2.24, 2.45) is 5.92 Å².